The highest BCUT2D eigenvalue weighted by Crippen LogP contribution is 2.35. The highest BCUT2D eigenvalue weighted by Gasteiger charge is 2.57. The Morgan fingerprint density at radius 1 is 0.935 bits per heavy atom. The quantitative estimate of drug-likeness (QED) is 0.269. The molecule has 0 fully saturated rings. The van der Waals surface area contributed by atoms with E-state index in [-0.39, 0.29) is 17.1 Å². The summed E-state index contributed by atoms with van der Waals surface area (Å²) in [7, 11) is 0. The van der Waals surface area contributed by atoms with Crippen LogP contribution in [0, 0.1) is 0 Å². The molecule has 11 heteroatoms. The molecule has 2 aromatic rings. The standard InChI is InChI=1S/C20H14F6O5/c21-18(20(24,25)26)19(22,23)11-30-14-8-4-13(5-9-14)17(29)31-15-6-1-12(2-7-15)3-10-16(27)28/h1-10,18H,11H2,(H,27,28). The lowest BCUT2D eigenvalue weighted by Crippen LogP contribution is -2.45. The average molecular weight is 448 g/mol. The van der Waals surface area contributed by atoms with E-state index < -0.39 is 36.8 Å². The molecule has 2 aromatic carbocycles. The second kappa shape index (κ2) is 9.54. The normalized spacial score (nSPS) is 13.1. The van der Waals surface area contributed by atoms with Gasteiger partial charge in [0.1, 0.15) is 11.5 Å². The van der Waals surface area contributed by atoms with Gasteiger partial charge in [0, 0.05) is 6.08 Å². The highest BCUT2D eigenvalue weighted by molar-refractivity contribution is 5.91. The number of rotatable bonds is 8. The van der Waals surface area contributed by atoms with Crippen molar-refractivity contribution in [1.82, 2.24) is 0 Å². The first-order valence-electron chi connectivity index (χ1n) is 8.43. The zero-order chi connectivity index (χ0) is 23.2. The molecule has 1 N–H and O–H groups in total. The largest absolute Gasteiger partial charge is 0.487 e. The van der Waals surface area contributed by atoms with Crippen LogP contribution in [0.2, 0.25) is 0 Å². The summed E-state index contributed by atoms with van der Waals surface area (Å²) < 4.78 is 85.2. The van der Waals surface area contributed by atoms with E-state index in [0.29, 0.717) is 5.56 Å². The van der Waals surface area contributed by atoms with Crippen LogP contribution in [-0.2, 0) is 4.79 Å². The van der Waals surface area contributed by atoms with Crippen LogP contribution < -0.4 is 9.47 Å². The molecule has 0 saturated heterocycles. The first kappa shape index (κ1) is 23.8. The van der Waals surface area contributed by atoms with Gasteiger partial charge in [-0.3, -0.25) is 0 Å². The maximum atomic E-state index is 13.2. The van der Waals surface area contributed by atoms with Crippen molar-refractivity contribution in [2.45, 2.75) is 18.3 Å². The minimum atomic E-state index is -5.73. The van der Waals surface area contributed by atoms with Gasteiger partial charge in [-0.2, -0.15) is 22.0 Å². The molecule has 0 bridgehead atoms. The van der Waals surface area contributed by atoms with Crippen LogP contribution in [0.15, 0.2) is 54.6 Å². The van der Waals surface area contributed by atoms with Gasteiger partial charge in [-0.1, -0.05) is 12.1 Å². The third kappa shape index (κ3) is 7.05. The Labute approximate surface area is 171 Å². The number of alkyl halides is 6. The van der Waals surface area contributed by atoms with E-state index in [1.165, 1.54) is 30.3 Å². The molecule has 5 nitrogen and oxygen atoms in total. The molecular formula is C20H14F6O5. The van der Waals surface area contributed by atoms with Crippen LogP contribution in [-0.4, -0.2) is 41.9 Å². The maximum Gasteiger partial charge on any atom is 0.425 e. The van der Waals surface area contributed by atoms with Crippen molar-refractivity contribution < 1.29 is 50.5 Å². The molecular weight excluding hydrogens is 434 g/mol. The second-order valence-electron chi connectivity index (χ2n) is 6.11. The smallest absolute Gasteiger partial charge is 0.425 e. The van der Waals surface area contributed by atoms with E-state index in [9.17, 15) is 35.9 Å². The maximum absolute atomic E-state index is 13.2. The van der Waals surface area contributed by atoms with E-state index in [1.54, 1.807) is 0 Å². The van der Waals surface area contributed by atoms with Crippen molar-refractivity contribution in [2.24, 2.45) is 0 Å². The van der Waals surface area contributed by atoms with Crippen molar-refractivity contribution in [3.63, 3.8) is 0 Å². The molecule has 31 heavy (non-hydrogen) atoms. The number of halogens is 6. The van der Waals surface area contributed by atoms with Gasteiger partial charge in [-0.05, 0) is 48.0 Å². The van der Waals surface area contributed by atoms with E-state index in [4.69, 9.17) is 9.84 Å². The fraction of sp³-hybridized carbons (Fsp3) is 0.200. The highest BCUT2D eigenvalue weighted by atomic mass is 19.4. The van der Waals surface area contributed by atoms with Crippen LogP contribution >= 0.6 is 0 Å². The summed E-state index contributed by atoms with van der Waals surface area (Å²) in [5.41, 5.74) is 0.522. The van der Waals surface area contributed by atoms with Gasteiger partial charge in [0.15, 0.2) is 6.61 Å². The Morgan fingerprint density at radius 3 is 2.00 bits per heavy atom. The Balaban J connectivity index is 1.95. The number of ether oxygens (including phenoxy) is 2. The summed E-state index contributed by atoms with van der Waals surface area (Å²) in [5, 5.41) is 8.56. The lowest BCUT2D eigenvalue weighted by Gasteiger charge is -2.22. The first-order chi connectivity index (χ1) is 14.4. The molecule has 0 saturated carbocycles. The van der Waals surface area contributed by atoms with Crippen LogP contribution in [0.3, 0.4) is 0 Å². The topological polar surface area (TPSA) is 72.8 Å². The van der Waals surface area contributed by atoms with Crippen LogP contribution in [0.1, 0.15) is 15.9 Å². The third-order valence-corrected chi connectivity index (χ3v) is 3.69. The summed E-state index contributed by atoms with van der Waals surface area (Å²) in [5.74, 6) is -6.91. The van der Waals surface area contributed by atoms with Gasteiger partial charge in [0.25, 0.3) is 6.17 Å². The molecule has 0 aliphatic heterocycles. The molecule has 166 valence electrons. The number of carbonyl (C=O) groups is 2. The number of hydrogen-bond donors (Lipinski definition) is 1. The van der Waals surface area contributed by atoms with Crippen molar-refractivity contribution in [2.75, 3.05) is 6.61 Å². The number of hydrogen-bond acceptors (Lipinski definition) is 4. The van der Waals surface area contributed by atoms with E-state index in [2.05, 4.69) is 4.74 Å². The Bertz CT molecular complexity index is 936. The molecule has 0 radical (unpaired) electrons. The summed E-state index contributed by atoms with van der Waals surface area (Å²) in [4.78, 5) is 22.6. The van der Waals surface area contributed by atoms with E-state index in [1.807, 2.05) is 0 Å². The SMILES string of the molecule is O=C(O)C=Cc1ccc(OC(=O)c2ccc(OCC(F)(F)C(F)C(F)(F)F)cc2)cc1. The van der Waals surface area contributed by atoms with Crippen LogP contribution in [0.25, 0.3) is 6.08 Å². The average Bonchev–Trinajstić information content (AvgIpc) is 2.71. The van der Waals surface area contributed by atoms with Gasteiger partial charge in [0.05, 0.1) is 5.56 Å². The Morgan fingerprint density at radius 2 is 1.48 bits per heavy atom. The predicted octanol–water partition coefficient (Wildman–Crippen LogP) is 4.92. The molecule has 0 amide bonds. The van der Waals surface area contributed by atoms with Gasteiger partial charge < -0.3 is 14.6 Å². The van der Waals surface area contributed by atoms with Crippen LogP contribution in [0.5, 0.6) is 11.5 Å². The van der Waals surface area contributed by atoms with Crippen molar-refractivity contribution >= 4 is 18.0 Å². The molecule has 0 heterocycles. The lowest BCUT2D eigenvalue weighted by atomic mass is 10.2. The number of carboxylic acid groups (broad SMARTS) is 1. The molecule has 1 unspecified atom stereocenters. The monoisotopic (exact) mass is 448 g/mol. The third-order valence-electron chi connectivity index (χ3n) is 3.69. The molecule has 2 rings (SSSR count). The molecule has 0 aliphatic carbocycles. The number of esters is 1. The summed E-state index contributed by atoms with van der Waals surface area (Å²) in [6.45, 7) is -1.85. The second-order valence-corrected chi connectivity index (χ2v) is 6.11. The summed E-state index contributed by atoms with van der Waals surface area (Å²) in [6.07, 6.45) is -7.85. The zero-order valence-electron chi connectivity index (χ0n) is 15.4. The lowest BCUT2D eigenvalue weighted by molar-refractivity contribution is -0.250. The van der Waals surface area contributed by atoms with Crippen molar-refractivity contribution in [3.8, 4) is 11.5 Å². The number of carbonyl (C=O) groups excluding carboxylic acids is 1. The Kier molecular flexibility index (Phi) is 7.32. The van der Waals surface area contributed by atoms with Crippen molar-refractivity contribution in [1.29, 1.82) is 0 Å². The number of benzene rings is 2. The molecule has 0 aliphatic rings. The first-order valence-corrected chi connectivity index (χ1v) is 8.43. The van der Waals surface area contributed by atoms with Crippen LogP contribution in [0.4, 0.5) is 26.3 Å². The fourth-order valence-electron chi connectivity index (χ4n) is 2.16. The number of carboxylic acids is 1. The molecule has 1 atom stereocenters. The van der Waals surface area contributed by atoms with Gasteiger partial charge in [-0.25, -0.2) is 14.0 Å². The summed E-state index contributed by atoms with van der Waals surface area (Å²) >= 11 is 0. The van der Waals surface area contributed by atoms with Gasteiger partial charge in [-0.15, -0.1) is 0 Å². The summed E-state index contributed by atoms with van der Waals surface area (Å²) in [6, 6.07) is 10.1. The number of aliphatic carboxylic acids is 1. The van der Waals surface area contributed by atoms with E-state index >= 15 is 0 Å². The molecule has 0 spiro atoms. The minimum Gasteiger partial charge on any atom is -0.487 e. The van der Waals surface area contributed by atoms with Crippen molar-refractivity contribution in [3.05, 3.63) is 65.7 Å². The minimum absolute atomic E-state index is 0.0207. The predicted molar refractivity (Wildman–Crippen MR) is 95.9 cm³/mol. The Hall–Kier alpha value is -3.50. The van der Waals surface area contributed by atoms with E-state index in [0.717, 1.165) is 30.3 Å². The van der Waals surface area contributed by atoms with Gasteiger partial charge in [0.2, 0.25) is 0 Å². The fourth-order valence-corrected chi connectivity index (χ4v) is 2.16. The zero-order valence-corrected chi connectivity index (χ0v) is 15.4. The molecule has 0 aromatic heterocycles. The van der Waals surface area contributed by atoms with Gasteiger partial charge >= 0.3 is 24.0 Å².